The van der Waals surface area contributed by atoms with Crippen LogP contribution in [0, 0.1) is 0 Å². The Morgan fingerprint density at radius 1 is 1.67 bits per heavy atom. The van der Waals surface area contributed by atoms with Crippen LogP contribution >= 0.6 is 0 Å². The second kappa shape index (κ2) is 6.14. The van der Waals surface area contributed by atoms with Gasteiger partial charge in [-0.2, -0.15) is 0 Å². The minimum atomic E-state index is -0.264. The molecule has 15 heavy (non-hydrogen) atoms. The third-order valence-corrected chi connectivity index (χ3v) is 2.02. The number of aromatic nitrogens is 1. The van der Waals surface area contributed by atoms with E-state index in [4.69, 9.17) is 4.74 Å². The lowest BCUT2D eigenvalue weighted by Crippen LogP contribution is -2.16. The second-order valence-electron chi connectivity index (χ2n) is 3.28. The highest BCUT2D eigenvalue weighted by molar-refractivity contribution is 5.66. The van der Waals surface area contributed by atoms with Gasteiger partial charge in [-0.3, -0.25) is 9.78 Å². The molecule has 0 saturated carbocycles. The summed E-state index contributed by atoms with van der Waals surface area (Å²) >= 11 is 0. The van der Waals surface area contributed by atoms with Crippen molar-refractivity contribution >= 4 is 5.97 Å². The number of esters is 1. The van der Waals surface area contributed by atoms with E-state index in [1.165, 1.54) is 6.92 Å². The van der Waals surface area contributed by atoms with Crippen LogP contribution in [0.15, 0.2) is 24.5 Å². The maximum atomic E-state index is 10.9. The predicted molar refractivity (Wildman–Crippen MR) is 57.3 cm³/mol. The Kier molecular flexibility index (Phi) is 4.77. The molecule has 0 aliphatic rings. The molecular weight excluding hydrogens is 192 g/mol. The zero-order valence-electron chi connectivity index (χ0n) is 9.06. The van der Waals surface area contributed by atoms with Gasteiger partial charge in [0.2, 0.25) is 0 Å². The van der Waals surface area contributed by atoms with Crippen molar-refractivity contribution in [2.75, 3.05) is 13.6 Å². The van der Waals surface area contributed by atoms with E-state index >= 15 is 0 Å². The number of hydrogen-bond acceptors (Lipinski definition) is 4. The summed E-state index contributed by atoms with van der Waals surface area (Å²) in [5.41, 5.74) is 0.933. The third kappa shape index (κ3) is 4.08. The minimum Gasteiger partial charge on any atom is -0.458 e. The van der Waals surface area contributed by atoms with E-state index in [0.717, 1.165) is 18.5 Å². The fraction of sp³-hybridized carbons (Fsp3) is 0.455. The quantitative estimate of drug-likeness (QED) is 0.741. The molecule has 1 unspecified atom stereocenters. The van der Waals surface area contributed by atoms with Crippen molar-refractivity contribution in [2.24, 2.45) is 0 Å². The van der Waals surface area contributed by atoms with Gasteiger partial charge in [0.15, 0.2) is 0 Å². The molecule has 0 aliphatic carbocycles. The molecule has 0 saturated heterocycles. The molecule has 4 nitrogen and oxygen atoms in total. The number of nitrogens with zero attached hydrogens (tertiary/aromatic N) is 1. The lowest BCUT2D eigenvalue weighted by molar-refractivity contribution is -0.147. The van der Waals surface area contributed by atoms with Crippen LogP contribution < -0.4 is 5.32 Å². The highest BCUT2D eigenvalue weighted by Gasteiger charge is 2.13. The molecule has 1 aromatic heterocycles. The normalized spacial score (nSPS) is 12.1. The summed E-state index contributed by atoms with van der Waals surface area (Å²) < 4.78 is 5.22. The number of ether oxygens (including phenoxy) is 1. The van der Waals surface area contributed by atoms with Crippen molar-refractivity contribution in [3.8, 4) is 0 Å². The molecular formula is C11H16N2O2. The summed E-state index contributed by atoms with van der Waals surface area (Å²) in [6.45, 7) is 2.22. The van der Waals surface area contributed by atoms with Crippen LogP contribution in [0.3, 0.4) is 0 Å². The summed E-state index contributed by atoms with van der Waals surface area (Å²) in [6, 6.07) is 3.75. The van der Waals surface area contributed by atoms with Crippen LogP contribution in [0.5, 0.6) is 0 Å². The average molecular weight is 208 g/mol. The van der Waals surface area contributed by atoms with Crippen LogP contribution in [-0.2, 0) is 9.53 Å². The lowest BCUT2D eigenvalue weighted by atomic mass is 10.1. The Morgan fingerprint density at radius 2 is 2.47 bits per heavy atom. The molecule has 0 fully saturated rings. The van der Waals surface area contributed by atoms with E-state index < -0.39 is 0 Å². The van der Waals surface area contributed by atoms with Gasteiger partial charge < -0.3 is 10.1 Å². The molecule has 0 aliphatic heterocycles. The Morgan fingerprint density at radius 3 is 3.00 bits per heavy atom. The van der Waals surface area contributed by atoms with E-state index in [1.54, 1.807) is 12.4 Å². The van der Waals surface area contributed by atoms with Gasteiger partial charge in [0.1, 0.15) is 6.10 Å². The van der Waals surface area contributed by atoms with Crippen molar-refractivity contribution in [1.82, 2.24) is 10.3 Å². The van der Waals surface area contributed by atoms with Gasteiger partial charge in [-0.25, -0.2) is 0 Å². The SMILES string of the molecule is CNCCC(OC(C)=O)c1cccnc1. The number of carbonyl (C=O) groups is 1. The first-order valence-electron chi connectivity index (χ1n) is 4.95. The van der Waals surface area contributed by atoms with E-state index in [0.29, 0.717) is 0 Å². The molecule has 4 heteroatoms. The van der Waals surface area contributed by atoms with Crippen LogP contribution in [0.1, 0.15) is 25.0 Å². The summed E-state index contributed by atoms with van der Waals surface area (Å²) in [5, 5.41) is 3.03. The predicted octanol–water partition coefficient (Wildman–Crippen LogP) is 1.30. The maximum absolute atomic E-state index is 10.9. The van der Waals surface area contributed by atoms with Gasteiger partial charge in [0.05, 0.1) is 0 Å². The first-order chi connectivity index (χ1) is 7.24. The molecule has 0 aromatic carbocycles. The van der Waals surface area contributed by atoms with Crippen LogP contribution in [0.4, 0.5) is 0 Å². The molecule has 0 bridgehead atoms. The van der Waals surface area contributed by atoms with Crippen molar-refractivity contribution in [3.05, 3.63) is 30.1 Å². The zero-order valence-corrected chi connectivity index (χ0v) is 9.06. The molecule has 1 atom stereocenters. The Hall–Kier alpha value is -1.42. The number of nitrogens with one attached hydrogen (secondary N) is 1. The Balaban J connectivity index is 2.67. The number of rotatable bonds is 5. The molecule has 0 spiro atoms. The van der Waals surface area contributed by atoms with Crippen molar-refractivity contribution in [1.29, 1.82) is 0 Å². The van der Waals surface area contributed by atoms with Crippen molar-refractivity contribution in [2.45, 2.75) is 19.4 Å². The largest absolute Gasteiger partial charge is 0.458 e. The molecule has 0 amide bonds. The van der Waals surface area contributed by atoms with Crippen molar-refractivity contribution < 1.29 is 9.53 Å². The number of pyridine rings is 1. The Bertz CT molecular complexity index is 301. The van der Waals surface area contributed by atoms with Gasteiger partial charge in [-0.1, -0.05) is 6.07 Å². The van der Waals surface area contributed by atoms with Gasteiger partial charge >= 0.3 is 5.97 Å². The summed E-state index contributed by atoms with van der Waals surface area (Å²) in [7, 11) is 1.87. The number of hydrogen-bond donors (Lipinski definition) is 1. The standard InChI is InChI=1S/C11H16N2O2/c1-9(14)15-11(5-7-12-2)10-4-3-6-13-8-10/h3-4,6,8,11-12H,5,7H2,1-2H3. The van der Waals surface area contributed by atoms with Crippen molar-refractivity contribution in [3.63, 3.8) is 0 Å². The second-order valence-corrected chi connectivity index (χ2v) is 3.28. The molecule has 1 N–H and O–H groups in total. The van der Waals surface area contributed by atoms with Gasteiger partial charge in [-0.05, 0) is 19.7 Å². The zero-order chi connectivity index (χ0) is 11.1. The summed E-state index contributed by atoms with van der Waals surface area (Å²) in [5.74, 6) is -0.264. The van der Waals surface area contributed by atoms with Gasteiger partial charge in [0, 0.05) is 31.3 Å². The fourth-order valence-electron chi connectivity index (χ4n) is 1.34. The first-order valence-corrected chi connectivity index (χ1v) is 4.95. The first kappa shape index (κ1) is 11.7. The highest BCUT2D eigenvalue weighted by Crippen LogP contribution is 2.19. The van der Waals surface area contributed by atoms with Crippen LogP contribution in [0.2, 0.25) is 0 Å². The van der Waals surface area contributed by atoms with E-state index in [1.807, 2.05) is 19.2 Å². The summed E-state index contributed by atoms with van der Waals surface area (Å²) in [4.78, 5) is 14.9. The van der Waals surface area contributed by atoms with E-state index in [-0.39, 0.29) is 12.1 Å². The molecule has 0 radical (unpaired) electrons. The summed E-state index contributed by atoms with van der Waals surface area (Å²) in [6.07, 6.45) is 3.97. The molecule has 1 rings (SSSR count). The van der Waals surface area contributed by atoms with E-state index in [9.17, 15) is 4.79 Å². The Labute approximate surface area is 89.7 Å². The smallest absolute Gasteiger partial charge is 0.303 e. The van der Waals surface area contributed by atoms with Crippen LogP contribution in [0.25, 0.3) is 0 Å². The number of carbonyl (C=O) groups excluding carboxylic acids is 1. The van der Waals surface area contributed by atoms with Gasteiger partial charge in [-0.15, -0.1) is 0 Å². The lowest BCUT2D eigenvalue weighted by Gasteiger charge is -2.16. The monoisotopic (exact) mass is 208 g/mol. The van der Waals surface area contributed by atoms with Gasteiger partial charge in [0.25, 0.3) is 0 Å². The fourth-order valence-corrected chi connectivity index (χ4v) is 1.34. The molecule has 1 aromatic rings. The minimum absolute atomic E-state index is 0.205. The topological polar surface area (TPSA) is 51.2 Å². The maximum Gasteiger partial charge on any atom is 0.303 e. The molecule has 1 heterocycles. The third-order valence-electron chi connectivity index (χ3n) is 2.02. The average Bonchev–Trinajstić information content (AvgIpc) is 2.25. The molecule has 82 valence electrons. The van der Waals surface area contributed by atoms with E-state index in [2.05, 4.69) is 10.3 Å². The highest BCUT2D eigenvalue weighted by atomic mass is 16.5. The van der Waals surface area contributed by atoms with Crippen LogP contribution in [-0.4, -0.2) is 24.5 Å².